The van der Waals surface area contributed by atoms with E-state index in [1.54, 1.807) is 0 Å². The molecule has 1 saturated heterocycles. The molecule has 0 spiro atoms. The number of hydrogen-bond acceptors (Lipinski definition) is 6. The lowest BCUT2D eigenvalue weighted by molar-refractivity contribution is -0.134. The largest absolute Gasteiger partial charge is 0.341 e. The number of fused-ring (bicyclic) bond motifs is 1. The van der Waals surface area contributed by atoms with Gasteiger partial charge in [-0.25, -0.2) is 13.4 Å². The lowest BCUT2D eigenvalue weighted by Gasteiger charge is -2.35. The predicted molar refractivity (Wildman–Crippen MR) is 112 cm³/mol. The van der Waals surface area contributed by atoms with Gasteiger partial charge in [-0.15, -0.1) is 0 Å². The molecule has 2 aromatic heterocycles. The molecule has 0 unspecified atom stereocenters. The second-order valence-electron chi connectivity index (χ2n) is 7.75. The third-order valence-electron chi connectivity index (χ3n) is 5.74. The van der Waals surface area contributed by atoms with E-state index in [2.05, 4.69) is 15.1 Å². The first-order chi connectivity index (χ1) is 14.4. The summed E-state index contributed by atoms with van der Waals surface area (Å²) in [6.45, 7) is 3.13. The summed E-state index contributed by atoms with van der Waals surface area (Å²) >= 11 is 0. The van der Waals surface area contributed by atoms with Gasteiger partial charge in [-0.05, 0) is 24.8 Å². The molecule has 30 heavy (non-hydrogen) atoms. The van der Waals surface area contributed by atoms with Crippen molar-refractivity contribution in [3.05, 3.63) is 54.1 Å². The summed E-state index contributed by atoms with van der Waals surface area (Å²) < 4.78 is 26.4. The topological polar surface area (TPSA) is 97.5 Å². The number of amides is 1. The van der Waals surface area contributed by atoms with Crippen molar-refractivity contribution in [3.63, 3.8) is 0 Å². The minimum Gasteiger partial charge on any atom is -0.341 e. The number of benzene rings is 1. The zero-order valence-corrected chi connectivity index (χ0v) is 17.9. The van der Waals surface area contributed by atoms with E-state index in [0.717, 1.165) is 18.4 Å². The molecule has 4 rings (SSSR count). The minimum absolute atomic E-state index is 0.0817. The molecule has 0 N–H and O–H groups in total. The van der Waals surface area contributed by atoms with E-state index in [9.17, 15) is 13.2 Å². The fourth-order valence-corrected chi connectivity index (χ4v) is 5.18. The zero-order chi connectivity index (χ0) is 21.3. The maximum atomic E-state index is 13.4. The lowest BCUT2D eigenvalue weighted by atomic mass is 9.90. The molecule has 2 atom stereocenters. The Labute approximate surface area is 175 Å². The van der Waals surface area contributed by atoms with Crippen LogP contribution in [0.25, 0.3) is 5.78 Å². The van der Waals surface area contributed by atoms with Crippen molar-refractivity contribution in [3.8, 4) is 0 Å². The Morgan fingerprint density at radius 3 is 2.70 bits per heavy atom. The van der Waals surface area contributed by atoms with Crippen LogP contribution in [0, 0.1) is 0 Å². The Balaban J connectivity index is 1.68. The number of likely N-dealkylation sites (tertiary alicyclic amines) is 1. The van der Waals surface area contributed by atoms with Crippen molar-refractivity contribution in [2.45, 2.75) is 42.9 Å². The van der Waals surface area contributed by atoms with Crippen molar-refractivity contribution in [2.75, 3.05) is 19.3 Å². The van der Waals surface area contributed by atoms with Gasteiger partial charge < -0.3 is 4.90 Å². The minimum atomic E-state index is -3.51. The van der Waals surface area contributed by atoms with Crippen LogP contribution < -0.4 is 0 Å². The van der Waals surface area contributed by atoms with Crippen LogP contribution in [0.2, 0.25) is 0 Å². The van der Waals surface area contributed by atoms with Gasteiger partial charge in [-0.2, -0.15) is 14.6 Å². The van der Waals surface area contributed by atoms with Crippen molar-refractivity contribution in [2.24, 2.45) is 0 Å². The van der Waals surface area contributed by atoms with Gasteiger partial charge in [0.15, 0.2) is 9.84 Å². The molecule has 8 nitrogen and oxygen atoms in total. The van der Waals surface area contributed by atoms with Crippen LogP contribution in [0.15, 0.2) is 47.8 Å². The summed E-state index contributed by atoms with van der Waals surface area (Å²) in [5.74, 6) is 0.0748. The summed E-state index contributed by atoms with van der Waals surface area (Å²) in [5, 5.41) is 4.21. The lowest BCUT2D eigenvalue weighted by Crippen LogP contribution is -2.42. The van der Waals surface area contributed by atoms with Crippen molar-refractivity contribution < 1.29 is 13.2 Å². The van der Waals surface area contributed by atoms with Crippen molar-refractivity contribution in [1.29, 1.82) is 0 Å². The Morgan fingerprint density at radius 2 is 2.00 bits per heavy atom. The molecule has 0 saturated carbocycles. The number of sulfone groups is 1. The molecule has 1 aliphatic heterocycles. The molecular weight excluding hydrogens is 402 g/mol. The van der Waals surface area contributed by atoms with E-state index >= 15 is 0 Å². The molecule has 1 fully saturated rings. The van der Waals surface area contributed by atoms with Crippen LogP contribution in [0.4, 0.5) is 0 Å². The normalized spacial score (nSPS) is 18.5. The average Bonchev–Trinajstić information content (AvgIpc) is 3.22. The zero-order valence-electron chi connectivity index (χ0n) is 17.1. The Bertz CT molecular complexity index is 1160. The van der Waals surface area contributed by atoms with E-state index in [1.807, 2.05) is 42.2 Å². The van der Waals surface area contributed by atoms with Crippen LogP contribution in [-0.2, 0) is 14.6 Å². The first kappa shape index (κ1) is 20.5. The number of rotatable bonds is 5. The second kappa shape index (κ2) is 8.14. The predicted octanol–water partition coefficient (Wildman–Crippen LogP) is 2.43. The standard InChI is InChI=1S/C21H25N5O3S/c1-3-17(15-8-5-4-6-9-15)20(27)25-11-7-10-16(13-25)19-18(30(2,28)29)12-22-21-23-14-24-26(19)21/h4-6,8-9,12,14,16-17H,3,7,10-11,13H2,1-2H3/t16-,17+/m0/s1. The fourth-order valence-electron chi connectivity index (χ4n) is 4.30. The molecule has 0 bridgehead atoms. The van der Waals surface area contributed by atoms with Crippen LogP contribution in [-0.4, -0.2) is 58.2 Å². The molecule has 0 aliphatic carbocycles. The Hall–Kier alpha value is -2.81. The summed E-state index contributed by atoms with van der Waals surface area (Å²) in [4.78, 5) is 23.6. The van der Waals surface area contributed by atoms with Crippen LogP contribution in [0.1, 0.15) is 49.3 Å². The summed E-state index contributed by atoms with van der Waals surface area (Å²) in [7, 11) is -3.51. The van der Waals surface area contributed by atoms with E-state index in [1.165, 1.54) is 23.3 Å². The third-order valence-corrected chi connectivity index (χ3v) is 6.85. The van der Waals surface area contributed by atoms with Gasteiger partial charge in [0.25, 0.3) is 5.78 Å². The molecule has 1 aromatic carbocycles. The molecule has 1 aliphatic rings. The molecule has 1 amide bonds. The number of piperidine rings is 1. The first-order valence-corrected chi connectivity index (χ1v) is 12.0. The van der Waals surface area contributed by atoms with E-state index in [0.29, 0.717) is 31.0 Å². The van der Waals surface area contributed by atoms with Crippen molar-refractivity contribution in [1.82, 2.24) is 24.5 Å². The van der Waals surface area contributed by atoms with Gasteiger partial charge in [0.05, 0.1) is 17.8 Å². The summed E-state index contributed by atoms with van der Waals surface area (Å²) in [6, 6.07) is 9.80. The molecule has 3 aromatic rings. The number of carbonyl (C=O) groups excluding carboxylic acids is 1. The number of nitrogens with zero attached hydrogens (tertiary/aromatic N) is 5. The SMILES string of the molecule is CC[C@@H](C(=O)N1CCC[C@H](c2c(S(C)(=O)=O)cnc3ncnn23)C1)c1ccccc1. The Morgan fingerprint density at radius 1 is 1.23 bits per heavy atom. The van der Waals surface area contributed by atoms with Gasteiger partial charge in [0, 0.05) is 25.3 Å². The highest BCUT2D eigenvalue weighted by atomic mass is 32.2. The van der Waals surface area contributed by atoms with Crippen LogP contribution in [0.5, 0.6) is 0 Å². The van der Waals surface area contributed by atoms with Crippen LogP contribution in [0.3, 0.4) is 0 Å². The van der Waals surface area contributed by atoms with Gasteiger partial charge in [-0.3, -0.25) is 4.79 Å². The first-order valence-electron chi connectivity index (χ1n) is 10.1. The highest BCUT2D eigenvalue weighted by Crippen LogP contribution is 2.33. The van der Waals surface area contributed by atoms with Gasteiger partial charge in [-0.1, -0.05) is 37.3 Å². The van der Waals surface area contributed by atoms with Gasteiger partial charge >= 0.3 is 0 Å². The average molecular weight is 428 g/mol. The maximum absolute atomic E-state index is 13.4. The number of aromatic nitrogens is 4. The van der Waals surface area contributed by atoms with E-state index < -0.39 is 9.84 Å². The quantitative estimate of drug-likeness (QED) is 0.620. The number of hydrogen-bond donors (Lipinski definition) is 0. The fraction of sp³-hybridized carbons (Fsp3) is 0.429. The monoisotopic (exact) mass is 427 g/mol. The molecular formula is C21H25N5O3S. The smallest absolute Gasteiger partial charge is 0.252 e. The third kappa shape index (κ3) is 3.81. The molecule has 0 radical (unpaired) electrons. The molecule has 158 valence electrons. The summed E-state index contributed by atoms with van der Waals surface area (Å²) in [6.07, 6.45) is 6.17. The van der Waals surface area contributed by atoms with Gasteiger partial charge in [0.1, 0.15) is 11.2 Å². The summed E-state index contributed by atoms with van der Waals surface area (Å²) in [5.41, 5.74) is 1.57. The van der Waals surface area contributed by atoms with E-state index in [4.69, 9.17) is 0 Å². The molecule has 9 heteroatoms. The van der Waals surface area contributed by atoms with Crippen molar-refractivity contribution >= 4 is 21.5 Å². The second-order valence-corrected chi connectivity index (χ2v) is 9.73. The van der Waals surface area contributed by atoms with Crippen LogP contribution >= 0.6 is 0 Å². The highest BCUT2D eigenvalue weighted by Gasteiger charge is 2.33. The molecule has 3 heterocycles. The number of carbonyl (C=O) groups is 1. The van der Waals surface area contributed by atoms with Gasteiger partial charge in [0.2, 0.25) is 5.91 Å². The van der Waals surface area contributed by atoms with E-state index in [-0.39, 0.29) is 22.6 Å². The Kier molecular flexibility index (Phi) is 5.55. The maximum Gasteiger partial charge on any atom is 0.252 e. The highest BCUT2D eigenvalue weighted by molar-refractivity contribution is 7.90.